The van der Waals surface area contributed by atoms with Gasteiger partial charge in [-0.2, -0.15) is 0 Å². The maximum absolute atomic E-state index is 12.3. The van der Waals surface area contributed by atoms with Crippen molar-refractivity contribution in [2.24, 2.45) is 0 Å². The highest BCUT2D eigenvalue weighted by molar-refractivity contribution is 7.89. The van der Waals surface area contributed by atoms with Gasteiger partial charge in [0.15, 0.2) is 4.90 Å². The minimum Gasteiger partial charge on any atom is -0.399 e. The van der Waals surface area contributed by atoms with Gasteiger partial charge in [0.2, 0.25) is 10.0 Å². The lowest BCUT2D eigenvalue weighted by Gasteiger charge is -2.23. The molecule has 2 rings (SSSR count). The van der Waals surface area contributed by atoms with Crippen LogP contribution >= 0.6 is 0 Å². The lowest BCUT2D eigenvalue weighted by Crippen LogP contribution is -2.46. The highest BCUT2D eigenvalue weighted by Crippen LogP contribution is 2.28. The summed E-state index contributed by atoms with van der Waals surface area (Å²) in [4.78, 5) is 9.81. The largest absolute Gasteiger partial charge is 0.399 e. The van der Waals surface area contributed by atoms with Crippen LogP contribution < -0.4 is 10.5 Å². The number of ether oxygens (including phenoxy) is 1. The van der Waals surface area contributed by atoms with Gasteiger partial charge in [0.05, 0.1) is 17.1 Å². The molecule has 0 saturated carbocycles. The Kier molecular flexibility index (Phi) is 3.67. The fraction of sp³-hybridized carbons (Fsp3) is 0.455. The van der Waals surface area contributed by atoms with Crippen molar-refractivity contribution < 1.29 is 18.1 Å². The fourth-order valence-corrected chi connectivity index (χ4v) is 3.61. The minimum absolute atomic E-state index is 0.131. The van der Waals surface area contributed by atoms with Crippen molar-refractivity contribution in [1.82, 2.24) is 4.72 Å². The number of sulfonamides is 1. The Morgan fingerprint density at radius 2 is 2.20 bits per heavy atom. The van der Waals surface area contributed by atoms with Crippen molar-refractivity contribution >= 4 is 21.4 Å². The molecule has 9 heteroatoms. The monoisotopic (exact) mass is 301 g/mol. The standard InChI is InChI=1S/C11H15N3O5S/c1-11(4-5-19-7-11)13-20(17,18)10-3-2-8(12)6-9(10)14(15)16/h2-3,6,13H,4-5,7,12H2,1H3. The summed E-state index contributed by atoms with van der Waals surface area (Å²) in [6.07, 6.45) is 0.509. The van der Waals surface area contributed by atoms with Crippen molar-refractivity contribution in [3.8, 4) is 0 Å². The van der Waals surface area contributed by atoms with Crippen LogP contribution in [0.15, 0.2) is 23.1 Å². The Bertz CT molecular complexity index is 637. The maximum atomic E-state index is 12.3. The molecule has 1 saturated heterocycles. The summed E-state index contributed by atoms with van der Waals surface area (Å²) >= 11 is 0. The van der Waals surface area contributed by atoms with Crippen LogP contribution in [0.1, 0.15) is 13.3 Å². The van der Waals surface area contributed by atoms with Crippen molar-refractivity contribution in [1.29, 1.82) is 0 Å². The lowest BCUT2D eigenvalue weighted by molar-refractivity contribution is -0.387. The molecule has 1 aromatic carbocycles. The highest BCUT2D eigenvalue weighted by atomic mass is 32.2. The van der Waals surface area contributed by atoms with Crippen molar-refractivity contribution in [2.45, 2.75) is 23.8 Å². The van der Waals surface area contributed by atoms with Gasteiger partial charge in [-0.05, 0) is 25.5 Å². The second-order valence-corrected chi connectivity index (χ2v) is 6.60. The van der Waals surface area contributed by atoms with E-state index in [-0.39, 0.29) is 12.3 Å². The topological polar surface area (TPSA) is 125 Å². The molecular formula is C11H15N3O5S. The summed E-state index contributed by atoms with van der Waals surface area (Å²) in [6.45, 7) is 2.37. The van der Waals surface area contributed by atoms with Crippen LogP contribution in [0.4, 0.5) is 11.4 Å². The van der Waals surface area contributed by atoms with E-state index in [0.717, 1.165) is 12.1 Å². The third kappa shape index (κ3) is 2.89. The second-order valence-electron chi connectivity index (χ2n) is 4.95. The first-order valence-electron chi connectivity index (χ1n) is 5.89. The molecule has 0 bridgehead atoms. The molecule has 8 nitrogen and oxygen atoms in total. The maximum Gasteiger partial charge on any atom is 0.291 e. The fourth-order valence-electron chi connectivity index (χ4n) is 2.03. The molecule has 0 aliphatic carbocycles. The van der Waals surface area contributed by atoms with Crippen molar-refractivity contribution in [3.63, 3.8) is 0 Å². The first kappa shape index (κ1) is 14.7. The van der Waals surface area contributed by atoms with Gasteiger partial charge >= 0.3 is 0 Å². The third-order valence-corrected chi connectivity index (χ3v) is 4.75. The number of nitrogens with one attached hydrogen (secondary N) is 1. The molecule has 0 aromatic heterocycles. The average Bonchev–Trinajstić information content (AvgIpc) is 2.74. The molecule has 0 amide bonds. The van der Waals surface area contributed by atoms with E-state index in [1.165, 1.54) is 6.07 Å². The van der Waals surface area contributed by atoms with Gasteiger partial charge < -0.3 is 10.5 Å². The number of benzene rings is 1. The van der Waals surface area contributed by atoms with Crippen LogP contribution in [0.5, 0.6) is 0 Å². The summed E-state index contributed by atoms with van der Waals surface area (Å²) in [5, 5.41) is 11.0. The van der Waals surface area contributed by atoms with Gasteiger partial charge in [-0.3, -0.25) is 10.1 Å². The number of hydrogen-bond donors (Lipinski definition) is 2. The van der Waals surface area contributed by atoms with E-state index in [4.69, 9.17) is 10.5 Å². The Hall–Kier alpha value is -1.71. The number of nitro benzene ring substituents is 1. The van der Waals surface area contributed by atoms with Crippen molar-refractivity contribution in [2.75, 3.05) is 18.9 Å². The van der Waals surface area contributed by atoms with Gasteiger partial charge in [-0.1, -0.05) is 0 Å². The first-order valence-corrected chi connectivity index (χ1v) is 7.37. The van der Waals surface area contributed by atoms with E-state index in [9.17, 15) is 18.5 Å². The Labute approximate surface area is 116 Å². The Balaban J connectivity index is 2.41. The van der Waals surface area contributed by atoms with E-state index < -0.39 is 31.1 Å². The molecule has 1 fully saturated rings. The molecular weight excluding hydrogens is 286 g/mol. The predicted molar refractivity (Wildman–Crippen MR) is 71.7 cm³/mol. The van der Waals surface area contributed by atoms with Gasteiger partial charge in [-0.15, -0.1) is 0 Å². The molecule has 1 aliphatic rings. The molecule has 0 radical (unpaired) electrons. The number of anilines is 1. The quantitative estimate of drug-likeness (QED) is 0.477. The number of nitro groups is 1. The zero-order chi connectivity index (χ0) is 15.0. The number of nitrogens with two attached hydrogens (primary N) is 1. The highest BCUT2D eigenvalue weighted by Gasteiger charge is 2.37. The molecule has 1 aromatic rings. The van der Waals surface area contributed by atoms with Gasteiger partial charge in [0.1, 0.15) is 0 Å². The molecule has 1 atom stereocenters. The third-order valence-electron chi connectivity index (χ3n) is 3.07. The second kappa shape index (κ2) is 5.00. The smallest absolute Gasteiger partial charge is 0.291 e. The van der Waals surface area contributed by atoms with Crippen LogP contribution in [-0.4, -0.2) is 32.1 Å². The summed E-state index contributed by atoms with van der Waals surface area (Å²) in [5.41, 5.74) is 4.29. The number of rotatable bonds is 4. The molecule has 1 unspecified atom stereocenters. The Morgan fingerprint density at radius 1 is 1.50 bits per heavy atom. The number of nitrogen functional groups attached to an aromatic ring is 1. The SMILES string of the molecule is CC1(NS(=O)(=O)c2ccc(N)cc2[N+](=O)[O-])CCOC1. The summed E-state index contributed by atoms with van der Waals surface area (Å²) in [5.74, 6) is 0. The summed E-state index contributed by atoms with van der Waals surface area (Å²) in [6, 6.07) is 3.48. The van der Waals surface area contributed by atoms with Crippen LogP contribution in [0, 0.1) is 10.1 Å². The molecule has 1 aliphatic heterocycles. The normalized spacial score (nSPS) is 22.9. The van der Waals surface area contributed by atoms with Crippen LogP contribution in [0.25, 0.3) is 0 Å². The molecule has 110 valence electrons. The molecule has 0 spiro atoms. The molecule has 3 N–H and O–H groups in total. The number of hydrogen-bond acceptors (Lipinski definition) is 6. The van der Waals surface area contributed by atoms with E-state index in [2.05, 4.69) is 4.72 Å². The minimum atomic E-state index is -4.02. The van der Waals surface area contributed by atoms with Gasteiger partial charge in [0, 0.05) is 18.4 Å². The van der Waals surface area contributed by atoms with E-state index >= 15 is 0 Å². The van der Waals surface area contributed by atoms with Crippen LogP contribution in [0.2, 0.25) is 0 Å². The van der Waals surface area contributed by atoms with Crippen molar-refractivity contribution in [3.05, 3.63) is 28.3 Å². The van der Waals surface area contributed by atoms with Gasteiger partial charge in [0.25, 0.3) is 5.69 Å². The van der Waals surface area contributed by atoms with Crippen LogP contribution in [0.3, 0.4) is 0 Å². The molecule has 20 heavy (non-hydrogen) atoms. The molecule has 1 heterocycles. The first-order chi connectivity index (χ1) is 9.23. The summed E-state index contributed by atoms with van der Waals surface area (Å²) in [7, 11) is -4.02. The number of nitrogens with zero attached hydrogens (tertiary/aromatic N) is 1. The van der Waals surface area contributed by atoms with Crippen LogP contribution in [-0.2, 0) is 14.8 Å². The predicted octanol–water partition coefficient (Wildman–Crippen LogP) is 0.634. The summed E-state index contributed by atoms with van der Waals surface area (Å²) < 4.78 is 32.3. The lowest BCUT2D eigenvalue weighted by atomic mass is 10.0. The zero-order valence-corrected chi connectivity index (χ0v) is 11.6. The van der Waals surface area contributed by atoms with E-state index in [1.807, 2.05) is 0 Å². The van der Waals surface area contributed by atoms with E-state index in [0.29, 0.717) is 13.0 Å². The Morgan fingerprint density at radius 3 is 2.75 bits per heavy atom. The van der Waals surface area contributed by atoms with Gasteiger partial charge in [-0.25, -0.2) is 13.1 Å². The zero-order valence-electron chi connectivity index (χ0n) is 10.8. The average molecular weight is 301 g/mol. The van der Waals surface area contributed by atoms with E-state index in [1.54, 1.807) is 6.92 Å².